The fraction of sp³-hybridized carbons (Fsp3) is 0.360. The van der Waals surface area contributed by atoms with Crippen LogP contribution in [0, 0.1) is 5.92 Å². The predicted molar refractivity (Wildman–Crippen MR) is 140 cm³/mol. The second-order valence-corrected chi connectivity index (χ2v) is 8.08. The standard InChI is InChI=1S/C25H31N5O4.H2S/c1-16(21-7-5-18(25(33)26-2)9-23(21)34-3)11-28-24-10-22(29-15-30-24)19-4-6-20(27-12-19)8-17(13-31)14-32;/h4-7,9-10,12,15-17,31-32H,8,11,13-14H2,1-3H3,(H,26,33)(H,28,29,30);1H2/t16-;/m1./s1. The summed E-state index contributed by atoms with van der Waals surface area (Å²) in [5.41, 5.74) is 3.91. The number of anilines is 1. The number of amides is 1. The molecule has 0 saturated carbocycles. The largest absolute Gasteiger partial charge is 0.496 e. The van der Waals surface area contributed by atoms with Gasteiger partial charge in [0.1, 0.15) is 17.9 Å². The molecule has 0 aliphatic heterocycles. The molecule has 9 nitrogen and oxygen atoms in total. The van der Waals surface area contributed by atoms with E-state index < -0.39 is 0 Å². The van der Waals surface area contributed by atoms with Gasteiger partial charge in [-0.15, -0.1) is 0 Å². The number of hydrogen-bond acceptors (Lipinski definition) is 8. The van der Waals surface area contributed by atoms with Crippen molar-refractivity contribution >= 4 is 25.2 Å². The van der Waals surface area contributed by atoms with Crippen LogP contribution in [0.5, 0.6) is 5.75 Å². The first-order valence-electron chi connectivity index (χ1n) is 11.1. The van der Waals surface area contributed by atoms with Gasteiger partial charge < -0.3 is 25.6 Å². The lowest BCUT2D eigenvalue weighted by atomic mass is 9.98. The number of hydrogen-bond donors (Lipinski definition) is 4. The van der Waals surface area contributed by atoms with E-state index in [1.165, 1.54) is 6.33 Å². The third-order valence-electron chi connectivity index (χ3n) is 5.64. The molecular formula is C25H33N5O4S. The summed E-state index contributed by atoms with van der Waals surface area (Å²) in [7, 11) is 3.19. The van der Waals surface area contributed by atoms with E-state index in [9.17, 15) is 15.0 Å². The molecule has 1 aromatic carbocycles. The topological polar surface area (TPSA) is 129 Å². The van der Waals surface area contributed by atoms with Crippen LogP contribution in [0.2, 0.25) is 0 Å². The first-order valence-corrected chi connectivity index (χ1v) is 11.1. The molecular weight excluding hydrogens is 466 g/mol. The van der Waals surface area contributed by atoms with Crippen LogP contribution in [-0.4, -0.2) is 65.0 Å². The number of rotatable bonds is 11. The summed E-state index contributed by atoms with van der Waals surface area (Å²) < 4.78 is 5.51. The van der Waals surface area contributed by atoms with Gasteiger partial charge in [-0.05, 0) is 36.2 Å². The third-order valence-corrected chi connectivity index (χ3v) is 5.64. The van der Waals surface area contributed by atoms with Gasteiger partial charge in [0.25, 0.3) is 5.91 Å². The van der Waals surface area contributed by atoms with E-state index in [0.717, 1.165) is 22.5 Å². The van der Waals surface area contributed by atoms with Gasteiger partial charge >= 0.3 is 0 Å². The zero-order chi connectivity index (χ0) is 24.5. The molecule has 3 rings (SSSR count). The molecule has 0 saturated heterocycles. The van der Waals surface area contributed by atoms with Crippen LogP contribution in [-0.2, 0) is 6.42 Å². The lowest BCUT2D eigenvalue weighted by molar-refractivity contribution is 0.0962. The summed E-state index contributed by atoms with van der Waals surface area (Å²) in [6, 6.07) is 11.1. The molecule has 35 heavy (non-hydrogen) atoms. The number of benzene rings is 1. The lowest BCUT2D eigenvalue weighted by Gasteiger charge is -2.17. The summed E-state index contributed by atoms with van der Waals surface area (Å²) >= 11 is 0. The Morgan fingerprint density at radius 3 is 2.49 bits per heavy atom. The van der Waals surface area contributed by atoms with E-state index in [-0.39, 0.29) is 44.5 Å². The molecule has 2 aromatic heterocycles. The summed E-state index contributed by atoms with van der Waals surface area (Å²) in [5.74, 6) is 1.07. The number of aromatic nitrogens is 3. The van der Waals surface area contributed by atoms with Gasteiger partial charge in [0.05, 0.1) is 12.8 Å². The maximum atomic E-state index is 11.9. The Bertz CT molecular complexity index is 1090. The highest BCUT2D eigenvalue weighted by Crippen LogP contribution is 2.28. The summed E-state index contributed by atoms with van der Waals surface area (Å²) in [4.78, 5) is 25.0. The smallest absolute Gasteiger partial charge is 0.251 e. The molecule has 1 amide bonds. The highest BCUT2D eigenvalue weighted by molar-refractivity contribution is 7.59. The number of nitrogens with zero attached hydrogens (tertiary/aromatic N) is 3. The number of methoxy groups -OCH3 is 1. The Morgan fingerprint density at radius 2 is 1.86 bits per heavy atom. The van der Waals surface area contributed by atoms with Crippen molar-refractivity contribution in [3.05, 3.63) is 65.7 Å². The van der Waals surface area contributed by atoms with Crippen molar-refractivity contribution in [1.82, 2.24) is 20.3 Å². The van der Waals surface area contributed by atoms with Crippen LogP contribution in [0.25, 0.3) is 11.3 Å². The van der Waals surface area contributed by atoms with E-state index in [0.29, 0.717) is 30.1 Å². The van der Waals surface area contributed by atoms with Gasteiger partial charge in [0, 0.05) is 67.7 Å². The van der Waals surface area contributed by atoms with E-state index in [4.69, 9.17) is 4.74 Å². The zero-order valence-corrected chi connectivity index (χ0v) is 21.2. The van der Waals surface area contributed by atoms with Crippen molar-refractivity contribution in [1.29, 1.82) is 0 Å². The second-order valence-electron chi connectivity index (χ2n) is 8.08. The van der Waals surface area contributed by atoms with Crippen LogP contribution in [0.15, 0.2) is 48.9 Å². The van der Waals surface area contributed by atoms with Crippen molar-refractivity contribution in [2.45, 2.75) is 19.3 Å². The minimum Gasteiger partial charge on any atom is -0.496 e. The van der Waals surface area contributed by atoms with E-state index in [1.54, 1.807) is 32.5 Å². The van der Waals surface area contributed by atoms with E-state index in [2.05, 4.69) is 32.5 Å². The minimum atomic E-state index is -0.214. The highest BCUT2D eigenvalue weighted by Gasteiger charge is 2.15. The number of carbonyl (C=O) groups excluding carboxylic acids is 1. The molecule has 0 unspecified atom stereocenters. The average Bonchev–Trinajstić information content (AvgIpc) is 2.90. The van der Waals surface area contributed by atoms with Crippen LogP contribution < -0.4 is 15.4 Å². The SMILES string of the molecule is CNC(=O)c1ccc([C@H](C)CNc2cc(-c3ccc(CC(CO)CO)nc3)ncn2)c(OC)c1.S. The molecule has 3 aromatic rings. The molecule has 4 N–H and O–H groups in total. The summed E-state index contributed by atoms with van der Waals surface area (Å²) in [5, 5.41) is 24.5. The normalized spacial score (nSPS) is 11.5. The summed E-state index contributed by atoms with van der Waals surface area (Å²) in [6.07, 6.45) is 3.74. The lowest BCUT2D eigenvalue weighted by Crippen LogP contribution is -2.18. The van der Waals surface area contributed by atoms with Gasteiger partial charge in [0.2, 0.25) is 0 Å². The quantitative estimate of drug-likeness (QED) is 0.316. The Morgan fingerprint density at radius 1 is 1.09 bits per heavy atom. The first kappa shape index (κ1) is 28.0. The molecule has 0 spiro atoms. The maximum absolute atomic E-state index is 11.9. The number of aliphatic hydroxyl groups is 2. The van der Waals surface area contributed by atoms with Crippen LogP contribution in [0.3, 0.4) is 0 Å². The predicted octanol–water partition coefficient (Wildman–Crippen LogP) is 2.38. The highest BCUT2D eigenvalue weighted by atomic mass is 32.1. The Balaban J connectivity index is 0.00000432. The average molecular weight is 500 g/mol. The van der Waals surface area contributed by atoms with Gasteiger partial charge in [0.15, 0.2) is 0 Å². The fourth-order valence-electron chi connectivity index (χ4n) is 3.56. The molecule has 0 bridgehead atoms. The van der Waals surface area contributed by atoms with Gasteiger partial charge in [-0.2, -0.15) is 13.5 Å². The van der Waals surface area contributed by atoms with Crippen molar-refractivity contribution in [2.24, 2.45) is 5.92 Å². The Labute approximate surface area is 212 Å². The molecule has 0 fully saturated rings. The van der Waals surface area contributed by atoms with Crippen molar-refractivity contribution in [2.75, 3.05) is 39.2 Å². The maximum Gasteiger partial charge on any atom is 0.251 e. The van der Waals surface area contributed by atoms with Crippen LogP contribution >= 0.6 is 13.5 Å². The van der Waals surface area contributed by atoms with Gasteiger partial charge in [-0.3, -0.25) is 9.78 Å². The zero-order valence-electron chi connectivity index (χ0n) is 20.2. The molecule has 2 heterocycles. The number of ether oxygens (including phenoxy) is 1. The van der Waals surface area contributed by atoms with Gasteiger partial charge in [-0.1, -0.05) is 13.0 Å². The molecule has 0 radical (unpaired) electrons. The van der Waals surface area contributed by atoms with Crippen molar-refractivity contribution in [3.63, 3.8) is 0 Å². The number of pyridine rings is 1. The number of aliphatic hydroxyl groups excluding tert-OH is 2. The number of carbonyl (C=O) groups is 1. The Kier molecular flexibility index (Phi) is 10.9. The van der Waals surface area contributed by atoms with Crippen molar-refractivity contribution in [3.8, 4) is 17.0 Å². The molecule has 0 aliphatic carbocycles. The molecule has 0 aliphatic rings. The monoisotopic (exact) mass is 499 g/mol. The number of nitrogens with one attached hydrogen (secondary N) is 2. The minimum absolute atomic E-state index is 0. The fourth-order valence-corrected chi connectivity index (χ4v) is 3.56. The molecule has 10 heteroatoms. The Hall–Kier alpha value is -3.21. The molecule has 1 atom stereocenters. The van der Waals surface area contributed by atoms with Crippen molar-refractivity contribution < 1.29 is 19.7 Å². The first-order chi connectivity index (χ1) is 16.5. The van der Waals surface area contributed by atoms with Crippen LogP contribution in [0.1, 0.15) is 34.5 Å². The molecule has 188 valence electrons. The van der Waals surface area contributed by atoms with Crippen LogP contribution in [0.4, 0.5) is 5.82 Å². The van der Waals surface area contributed by atoms with E-state index >= 15 is 0 Å². The second kappa shape index (κ2) is 13.6. The summed E-state index contributed by atoms with van der Waals surface area (Å²) in [6.45, 7) is 2.51. The van der Waals surface area contributed by atoms with Gasteiger partial charge in [-0.25, -0.2) is 9.97 Å². The third kappa shape index (κ3) is 7.38. The van der Waals surface area contributed by atoms with E-state index in [1.807, 2.05) is 24.3 Å².